The lowest BCUT2D eigenvalue weighted by Gasteiger charge is -2.07. The molecule has 2 aromatic rings. The number of amides is 1. The monoisotopic (exact) mass is 259 g/mol. The van der Waals surface area contributed by atoms with E-state index in [1.165, 1.54) is 25.6 Å². The molecule has 1 aromatic carbocycles. The number of benzene rings is 1. The van der Waals surface area contributed by atoms with Crippen molar-refractivity contribution in [2.24, 2.45) is 0 Å². The van der Waals surface area contributed by atoms with Crippen molar-refractivity contribution < 1.29 is 14.6 Å². The molecule has 0 bridgehead atoms. The van der Waals surface area contributed by atoms with Gasteiger partial charge in [-0.05, 0) is 24.3 Å². The molecule has 98 valence electrons. The van der Waals surface area contributed by atoms with Gasteiger partial charge >= 0.3 is 0 Å². The zero-order valence-corrected chi connectivity index (χ0v) is 10.3. The van der Waals surface area contributed by atoms with E-state index in [4.69, 9.17) is 4.74 Å². The number of hydrogen-bond donors (Lipinski definition) is 2. The number of ether oxygens (including phenoxy) is 1. The van der Waals surface area contributed by atoms with Crippen LogP contribution in [0.2, 0.25) is 0 Å². The molecule has 0 spiro atoms. The summed E-state index contributed by atoms with van der Waals surface area (Å²) in [6, 6.07) is 6.18. The summed E-state index contributed by atoms with van der Waals surface area (Å²) < 4.78 is 4.91. The van der Waals surface area contributed by atoms with Crippen molar-refractivity contribution in [1.82, 2.24) is 15.3 Å². The highest BCUT2D eigenvalue weighted by Gasteiger charge is 2.09. The van der Waals surface area contributed by atoms with Gasteiger partial charge in [-0.25, -0.2) is 9.97 Å². The van der Waals surface area contributed by atoms with E-state index in [9.17, 15) is 9.90 Å². The Morgan fingerprint density at radius 3 is 2.89 bits per heavy atom. The Kier molecular flexibility index (Phi) is 3.92. The Labute approximate surface area is 110 Å². The summed E-state index contributed by atoms with van der Waals surface area (Å²) in [6.07, 6.45) is 3.02. The number of aromatic nitrogens is 2. The number of carbonyl (C=O) groups is 1. The average molecular weight is 259 g/mol. The molecule has 0 aliphatic heterocycles. The smallest absolute Gasteiger partial charge is 0.251 e. The lowest BCUT2D eigenvalue weighted by atomic mass is 10.2. The Hall–Kier alpha value is -2.63. The SMILES string of the molecule is COc1ccc(C(=O)NCc2ccncn2)cc1O. The zero-order chi connectivity index (χ0) is 13.7. The molecular weight excluding hydrogens is 246 g/mol. The predicted octanol–water partition coefficient (Wildman–Crippen LogP) is 1.12. The lowest BCUT2D eigenvalue weighted by Crippen LogP contribution is -2.23. The van der Waals surface area contributed by atoms with Gasteiger partial charge in [-0.15, -0.1) is 0 Å². The second kappa shape index (κ2) is 5.81. The first-order chi connectivity index (χ1) is 9.20. The van der Waals surface area contributed by atoms with Gasteiger partial charge in [0.1, 0.15) is 6.33 Å². The van der Waals surface area contributed by atoms with Crippen LogP contribution < -0.4 is 10.1 Å². The Balaban J connectivity index is 2.02. The summed E-state index contributed by atoms with van der Waals surface area (Å²) in [5.41, 5.74) is 1.06. The van der Waals surface area contributed by atoms with E-state index < -0.39 is 0 Å². The van der Waals surface area contributed by atoms with Crippen LogP contribution in [0.5, 0.6) is 11.5 Å². The standard InChI is InChI=1S/C13H13N3O3/c1-19-12-3-2-9(6-11(12)17)13(18)15-7-10-4-5-14-8-16-10/h2-6,8,17H,7H2,1H3,(H,15,18). The van der Waals surface area contributed by atoms with Crippen molar-refractivity contribution in [3.05, 3.63) is 48.0 Å². The van der Waals surface area contributed by atoms with Crippen molar-refractivity contribution in [3.8, 4) is 11.5 Å². The molecule has 19 heavy (non-hydrogen) atoms. The molecule has 6 heteroatoms. The number of rotatable bonds is 4. The van der Waals surface area contributed by atoms with Crippen LogP contribution in [-0.2, 0) is 6.54 Å². The number of carbonyl (C=O) groups excluding carboxylic acids is 1. The maximum atomic E-state index is 11.9. The first kappa shape index (κ1) is 12.8. The highest BCUT2D eigenvalue weighted by molar-refractivity contribution is 5.94. The molecule has 1 heterocycles. The Morgan fingerprint density at radius 1 is 1.42 bits per heavy atom. The number of phenols is 1. The summed E-state index contributed by atoms with van der Waals surface area (Å²) in [6.45, 7) is 0.300. The van der Waals surface area contributed by atoms with Gasteiger partial charge in [0.2, 0.25) is 0 Å². The minimum atomic E-state index is -0.295. The van der Waals surface area contributed by atoms with E-state index in [0.29, 0.717) is 23.6 Å². The van der Waals surface area contributed by atoms with Crippen LogP contribution in [0.15, 0.2) is 36.8 Å². The molecule has 0 saturated carbocycles. The summed E-state index contributed by atoms with van der Waals surface area (Å²) in [5.74, 6) is -0.0406. The molecule has 1 amide bonds. The van der Waals surface area contributed by atoms with Gasteiger partial charge in [0.05, 0.1) is 19.3 Å². The molecule has 0 aliphatic rings. The van der Waals surface area contributed by atoms with E-state index in [-0.39, 0.29) is 11.7 Å². The van der Waals surface area contributed by atoms with Gasteiger partial charge in [-0.2, -0.15) is 0 Å². The minimum Gasteiger partial charge on any atom is -0.504 e. The highest BCUT2D eigenvalue weighted by atomic mass is 16.5. The molecule has 0 fully saturated rings. The van der Waals surface area contributed by atoms with Crippen LogP contribution in [0.3, 0.4) is 0 Å². The number of aromatic hydroxyl groups is 1. The fourth-order valence-corrected chi connectivity index (χ4v) is 1.53. The second-order valence-electron chi connectivity index (χ2n) is 3.77. The second-order valence-corrected chi connectivity index (χ2v) is 3.77. The van der Waals surface area contributed by atoms with E-state index in [0.717, 1.165) is 0 Å². The molecule has 2 rings (SSSR count). The lowest BCUT2D eigenvalue weighted by molar-refractivity contribution is 0.0950. The number of phenolic OH excluding ortho intramolecular Hbond substituents is 1. The summed E-state index contributed by atoms with van der Waals surface area (Å²) in [4.78, 5) is 19.6. The molecule has 0 saturated heterocycles. The molecule has 0 unspecified atom stereocenters. The summed E-state index contributed by atoms with van der Waals surface area (Å²) in [5, 5.41) is 12.3. The van der Waals surface area contributed by atoms with Gasteiger partial charge < -0.3 is 15.2 Å². The third kappa shape index (κ3) is 3.19. The van der Waals surface area contributed by atoms with E-state index in [1.54, 1.807) is 18.3 Å². The van der Waals surface area contributed by atoms with Gasteiger partial charge in [0.25, 0.3) is 5.91 Å². The minimum absolute atomic E-state index is 0.0720. The van der Waals surface area contributed by atoms with Crippen LogP contribution in [0.4, 0.5) is 0 Å². The van der Waals surface area contributed by atoms with Gasteiger partial charge in [-0.3, -0.25) is 4.79 Å². The van der Waals surface area contributed by atoms with Crippen LogP contribution in [0.25, 0.3) is 0 Å². The molecule has 1 aromatic heterocycles. The average Bonchev–Trinajstić information content (AvgIpc) is 2.45. The fraction of sp³-hybridized carbons (Fsp3) is 0.154. The summed E-state index contributed by atoms with van der Waals surface area (Å²) in [7, 11) is 1.45. The van der Waals surface area contributed by atoms with Crippen molar-refractivity contribution in [2.45, 2.75) is 6.54 Å². The number of nitrogens with one attached hydrogen (secondary N) is 1. The maximum Gasteiger partial charge on any atom is 0.251 e. The molecule has 0 aliphatic carbocycles. The quantitative estimate of drug-likeness (QED) is 0.859. The maximum absolute atomic E-state index is 11.9. The van der Waals surface area contributed by atoms with Gasteiger partial charge in [0, 0.05) is 11.8 Å². The number of nitrogens with zero attached hydrogens (tertiary/aromatic N) is 2. The van der Waals surface area contributed by atoms with Gasteiger partial charge in [0.15, 0.2) is 11.5 Å². The third-order valence-corrected chi connectivity index (χ3v) is 2.51. The molecular formula is C13H13N3O3. The van der Waals surface area contributed by atoms with E-state index in [1.807, 2.05) is 0 Å². The van der Waals surface area contributed by atoms with Crippen LogP contribution in [-0.4, -0.2) is 28.1 Å². The van der Waals surface area contributed by atoms with Crippen molar-refractivity contribution in [3.63, 3.8) is 0 Å². The molecule has 2 N–H and O–H groups in total. The zero-order valence-electron chi connectivity index (χ0n) is 10.3. The first-order valence-electron chi connectivity index (χ1n) is 5.61. The van der Waals surface area contributed by atoms with Crippen molar-refractivity contribution in [2.75, 3.05) is 7.11 Å². The molecule has 6 nitrogen and oxygen atoms in total. The molecule has 0 radical (unpaired) electrons. The van der Waals surface area contributed by atoms with Crippen molar-refractivity contribution >= 4 is 5.91 Å². The van der Waals surface area contributed by atoms with E-state index >= 15 is 0 Å². The summed E-state index contributed by atoms with van der Waals surface area (Å²) >= 11 is 0. The first-order valence-corrected chi connectivity index (χ1v) is 5.61. The van der Waals surface area contributed by atoms with Crippen LogP contribution >= 0.6 is 0 Å². The van der Waals surface area contributed by atoms with E-state index in [2.05, 4.69) is 15.3 Å². The largest absolute Gasteiger partial charge is 0.504 e. The van der Waals surface area contributed by atoms with Crippen LogP contribution in [0.1, 0.15) is 16.1 Å². The Bertz CT molecular complexity index is 573. The van der Waals surface area contributed by atoms with Gasteiger partial charge in [-0.1, -0.05) is 0 Å². The normalized spacial score (nSPS) is 9.95. The van der Waals surface area contributed by atoms with Crippen LogP contribution in [0, 0.1) is 0 Å². The highest BCUT2D eigenvalue weighted by Crippen LogP contribution is 2.26. The molecule has 0 atom stereocenters. The number of methoxy groups -OCH3 is 1. The topological polar surface area (TPSA) is 84.3 Å². The predicted molar refractivity (Wildman–Crippen MR) is 67.9 cm³/mol. The third-order valence-electron chi connectivity index (χ3n) is 2.51. The number of hydrogen-bond acceptors (Lipinski definition) is 5. The fourth-order valence-electron chi connectivity index (χ4n) is 1.53. The Morgan fingerprint density at radius 2 is 2.26 bits per heavy atom. The van der Waals surface area contributed by atoms with Crippen molar-refractivity contribution in [1.29, 1.82) is 0 Å².